The van der Waals surface area contributed by atoms with Gasteiger partial charge in [-0.1, -0.05) is 33.6 Å². The number of alkyl halides is 2. The molecule has 2 heteroatoms. The molecule has 3 unspecified atom stereocenters. The molecule has 0 spiro atoms. The molecule has 0 aliphatic carbocycles. The van der Waals surface area contributed by atoms with E-state index in [9.17, 15) is 8.78 Å². The van der Waals surface area contributed by atoms with Crippen molar-refractivity contribution in [3.05, 3.63) is 0 Å². The molecule has 0 amide bonds. The molecule has 0 N–H and O–H groups in total. The maximum Gasteiger partial charge on any atom is 0.105 e. The molecule has 0 nitrogen and oxygen atoms in total. The Kier molecular flexibility index (Phi) is 6.31. The third-order valence-electron chi connectivity index (χ3n) is 2.34. The van der Waals surface area contributed by atoms with Gasteiger partial charge in [0.15, 0.2) is 0 Å². The third-order valence-corrected chi connectivity index (χ3v) is 2.34. The molecular weight excluding hydrogens is 158 g/mol. The van der Waals surface area contributed by atoms with Gasteiger partial charge in [0.1, 0.15) is 12.3 Å². The van der Waals surface area contributed by atoms with Crippen molar-refractivity contribution in [2.24, 2.45) is 5.92 Å². The topological polar surface area (TPSA) is 0 Å². The third kappa shape index (κ3) is 4.68. The Bertz CT molecular complexity index is 104. The predicted molar refractivity (Wildman–Crippen MR) is 48.8 cm³/mol. The SMILES string of the molecule is CCCC(F)CC(F)C(C)CC. The first-order valence-electron chi connectivity index (χ1n) is 4.89. The lowest BCUT2D eigenvalue weighted by molar-refractivity contribution is 0.161. The fourth-order valence-electron chi connectivity index (χ4n) is 1.16. The van der Waals surface area contributed by atoms with Gasteiger partial charge in [-0.15, -0.1) is 0 Å². The van der Waals surface area contributed by atoms with Crippen LogP contribution in [-0.2, 0) is 0 Å². The van der Waals surface area contributed by atoms with Gasteiger partial charge in [0.2, 0.25) is 0 Å². The maximum absolute atomic E-state index is 13.1. The highest BCUT2D eigenvalue weighted by Crippen LogP contribution is 2.19. The van der Waals surface area contributed by atoms with Gasteiger partial charge in [-0.3, -0.25) is 0 Å². The van der Waals surface area contributed by atoms with Crippen molar-refractivity contribution in [3.8, 4) is 0 Å². The molecule has 0 bridgehead atoms. The van der Waals surface area contributed by atoms with Crippen LogP contribution in [0.5, 0.6) is 0 Å². The Balaban J connectivity index is 3.59. The van der Waals surface area contributed by atoms with Crippen LogP contribution in [0.25, 0.3) is 0 Å². The number of rotatable bonds is 6. The highest BCUT2D eigenvalue weighted by atomic mass is 19.1. The minimum atomic E-state index is -0.962. The first kappa shape index (κ1) is 11.9. The van der Waals surface area contributed by atoms with Crippen LogP contribution in [-0.4, -0.2) is 12.3 Å². The molecule has 0 heterocycles. The van der Waals surface area contributed by atoms with E-state index in [0.717, 1.165) is 12.8 Å². The molecular formula is C10H20F2. The highest BCUT2D eigenvalue weighted by molar-refractivity contribution is 4.68. The summed E-state index contributed by atoms with van der Waals surface area (Å²) in [5.74, 6) is 0.0000983. The lowest BCUT2D eigenvalue weighted by Crippen LogP contribution is -2.17. The van der Waals surface area contributed by atoms with E-state index in [1.807, 2.05) is 20.8 Å². The molecule has 0 radical (unpaired) electrons. The average molecular weight is 178 g/mol. The van der Waals surface area contributed by atoms with E-state index in [2.05, 4.69) is 0 Å². The van der Waals surface area contributed by atoms with Gasteiger partial charge in [-0.05, 0) is 12.3 Å². The van der Waals surface area contributed by atoms with E-state index in [1.54, 1.807) is 0 Å². The van der Waals surface area contributed by atoms with E-state index in [1.165, 1.54) is 0 Å². The first-order chi connectivity index (χ1) is 5.61. The zero-order valence-corrected chi connectivity index (χ0v) is 8.32. The van der Waals surface area contributed by atoms with E-state index < -0.39 is 12.3 Å². The normalized spacial score (nSPS) is 18.8. The second-order valence-corrected chi connectivity index (χ2v) is 3.52. The summed E-state index contributed by atoms with van der Waals surface area (Å²) in [4.78, 5) is 0. The van der Waals surface area contributed by atoms with Crippen molar-refractivity contribution in [1.29, 1.82) is 0 Å². The van der Waals surface area contributed by atoms with Gasteiger partial charge in [0.05, 0.1) is 0 Å². The number of hydrogen-bond donors (Lipinski definition) is 0. The molecule has 0 fully saturated rings. The van der Waals surface area contributed by atoms with Crippen LogP contribution in [0.3, 0.4) is 0 Å². The lowest BCUT2D eigenvalue weighted by atomic mass is 9.97. The molecule has 12 heavy (non-hydrogen) atoms. The Morgan fingerprint density at radius 2 is 1.75 bits per heavy atom. The van der Waals surface area contributed by atoms with Crippen LogP contribution in [0.4, 0.5) is 8.78 Å². The molecule has 0 aliphatic rings. The molecule has 0 aromatic carbocycles. The summed E-state index contributed by atoms with van der Waals surface area (Å²) >= 11 is 0. The summed E-state index contributed by atoms with van der Waals surface area (Å²) < 4.78 is 26.0. The molecule has 0 aromatic rings. The van der Waals surface area contributed by atoms with Crippen LogP contribution in [0.1, 0.15) is 46.5 Å². The Hall–Kier alpha value is -0.140. The monoisotopic (exact) mass is 178 g/mol. The van der Waals surface area contributed by atoms with Crippen molar-refractivity contribution in [3.63, 3.8) is 0 Å². The van der Waals surface area contributed by atoms with Gasteiger partial charge >= 0.3 is 0 Å². The largest absolute Gasteiger partial charge is 0.247 e. The molecule has 3 atom stereocenters. The van der Waals surface area contributed by atoms with Gasteiger partial charge in [0.25, 0.3) is 0 Å². The zero-order valence-electron chi connectivity index (χ0n) is 8.32. The van der Waals surface area contributed by atoms with E-state index in [4.69, 9.17) is 0 Å². The minimum absolute atomic E-state index is 0.0000983. The quantitative estimate of drug-likeness (QED) is 0.578. The van der Waals surface area contributed by atoms with Gasteiger partial charge in [-0.2, -0.15) is 0 Å². The number of halogens is 2. The van der Waals surface area contributed by atoms with Crippen molar-refractivity contribution in [2.45, 2.75) is 58.8 Å². The van der Waals surface area contributed by atoms with E-state index in [-0.39, 0.29) is 12.3 Å². The first-order valence-corrected chi connectivity index (χ1v) is 4.89. The predicted octanol–water partition coefficient (Wildman–Crippen LogP) is 3.90. The Morgan fingerprint density at radius 1 is 1.17 bits per heavy atom. The maximum atomic E-state index is 13.1. The van der Waals surface area contributed by atoms with E-state index >= 15 is 0 Å². The van der Waals surface area contributed by atoms with Crippen molar-refractivity contribution in [2.75, 3.05) is 0 Å². The van der Waals surface area contributed by atoms with Crippen LogP contribution in [0.2, 0.25) is 0 Å². The zero-order chi connectivity index (χ0) is 9.56. The second-order valence-electron chi connectivity index (χ2n) is 3.52. The fraction of sp³-hybridized carbons (Fsp3) is 1.00. The van der Waals surface area contributed by atoms with Gasteiger partial charge < -0.3 is 0 Å². The molecule has 0 aromatic heterocycles. The van der Waals surface area contributed by atoms with Crippen LogP contribution < -0.4 is 0 Å². The lowest BCUT2D eigenvalue weighted by Gasteiger charge is -2.16. The smallest absolute Gasteiger partial charge is 0.105 e. The Morgan fingerprint density at radius 3 is 2.17 bits per heavy atom. The van der Waals surface area contributed by atoms with Crippen LogP contribution >= 0.6 is 0 Å². The summed E-state index contributed by atoms with van der Waals surface area (Å²) in [6.45, 7) is 5.69. The average Bonchev–Trinajstić information content (AvgIpc) is 2.03. The van der Waals surface area contributed by atoms with Crippen LogP contribution in [0.15, 0.2) is 0 Å². The summed E-state index contributed by atoms with van der Waals surface area (Å²) in [7, 11) is 0. The van der Waals surface area contributed by atoms with Gasteiger partial charge in [0, 0.05) is 6.42 Å². The summed E-state index contributed by atoms with van der Waals surface area (Å²) in [6.07, 6.45) is 0.268. The second kappa shape index (κ2) is 6.38. The summed E-state index contributed by atoms with van der Waals surface area (Å²) in [5, 5.41) is 0. The standard InChI is InChI=1S/C10H20F2/c1-4-6-9(11)7-10(12)8(3)5-2/h8-10H,4-7H2,1-3H3. The fourth-order valence-corrected chi connectivity index (χ4v) is 1.16. The van der Waals surface area contributed by atoms with E-state index in [0.29, 0.717) is 6.42 Å². The summed E-state index contributed by atoms with van der Waals surface area (Å²) in [6, 6.07) is 0. The Labute approximate surface area is 74.4 Å². The van der Waals surface area contributed by atoms with Crippen molar-refractivity contribution in [1.82, 2.24) is 0 Å². The van der Waals surface area contributed by atoms with Crippen molar-refractivity contribution >= 4 is 0 Å². The summed E-state index contributed by atoms with van der Waals surface area (Å²) in [5.41, 5.74) is 0. The highest BCUT2D eigenvalue weighted by Gasteiger charge is 2.19. The molecule has 0 saturated heterocycles. The van der Waals surface area contributed by atoms with Crippen LogP contribution in [0, 0.1) is 5.92 Å². The molecule has 0 rings (SSSR count). The number of hydrogen-bond acceptors (Lipinski definition) is 0. The molecule has 0 aliphatic heterocycles. The molecule has 74 valence electrons. The molecule has 0 saturated carbocycles. The minimum Gasteiger partial charge on any atom is -0.247 e. The van der Waals surface area contributed by atoms with Crippen molar-refractivity contribution < 1.29 is 8.78 Å². The van der Waals surface area contributed by atoms with Gasteiger partial charge in [-0.25, -0.2) is 8.78 Å².